The molecule has 0 fully saturated rings. The van der Waals surface area contributed by atoms with Crippen molar-refractivity contribution < 1.29 is 13.9 Å². The summed E-state index contributed by atoms with van der Waals surface area (Å²) in [5.41, 5.74) is 1.05. The molecule has 0 saturated heterocycles. The first-order valence-corrected chi connectivity index (χ1v) is 8.54. The molecule has 2 rings (SSSR count). The Morgan fingerprint density at radius 3 is 2.73 bits per heavy atom. The van der Waals surface area contributed by atoms with Gasteiger partial charge in [0.15, 0.2) is 5.96 Å². The molecule has 7 nitrogen and oxygen atoms in total. The first-order chi connectivity index (χ1) is 12.6. The van der Waals surface area contributed by atoms with Crippen LogP contribution in [0.25, 0.3) is 0 Å². The number of para-hydroxylation sites is 1. The molecule has 0 aliphatic carbocycles. The lowest BCUT2D eigenvalue weighted by Gasteiger charge is -2.23. The number of methoxy groups -OCH3 is 1. The molecule has 26 heavy (non-hydrogen) atoms. The van der Waals surface area contributed by atoms with Gasteiger partial charge in [-0.25, -0.2) is 4.99 Å². The van der Waals surface area contributed by atoms with E-state index in [9.17, 15) is 4.79 Å². The highest BCUT2D eigenvalue weighted by atomic mass is 16.5. The number of carbonyl (C=O) groups excluding carboxylic acids is 1. The van der Waals surface area contributed by atoms with Crippen LogP contribution in [-0.4, -0.2) is 44.0 Å². The fraction of sp³-hybridized carbons (Fsp3) is 0.368. The molecule has 7 heteroatoms. The fourth-order valence-corrected chi connectivity index (χ4v) is 2.44. The third-order valence-electron chi connectivity index (χ3n) is 3.71. The maximum atomic E-state index is 12.0. The Labute approximate surface area is 154 Å². The summed E-state index contributed by atoms with van der Waals surface area (Å²) in [6, 6.07) is 11.4. The van der Waals surface area contributed by atoms with Crippen molar-refractivity contribution in [2.24, 2.45) is 4.99 Å². The first kappa shape index (κ1) is 19.4. The zero-order valence-electron chi connectivity index (χ0n) is 15.5. The topological polar surface area (TPSA) is 79.1 Å². The van der Waals surface area contributed by atoms with Gasteiger partial charge in [0.1, 0.15) is 18.1 Å². The molecule has 1 aromatic carbocycles. The summed E-state index contributed by atoms with van der Waals surface area (Å²) in [7, 11) is 3.58. The number of hydrogen-bond acceptors (Lipinski definition) is 4. The summed E-state index contributed by atoms with van der Waals surface area (Å²) in [5, 5.41) is 5.99. The quantitative estimate of drug-likeness (QED) is 0.557. The molecule has 2 N–H and O–H groups in total. The van der Waals surface area contributed by atoms with E-state index in [0.29, 0.717) is 31.4 Å². The summed E-state index contributed by atoms with van der Waals surface area (Å²) in [5.74, 6) is 2.03. The minimum Gasteiger partial charge on any atom is -0.496 e. The predicted octanol–water partition coefficient (Wildman–Crippen LogP) is 2.00. The molecule has 0 aliphatic heterocycles. The molecule has 0 unspecified atom stereocenters. The minimum absolute atomic E-state index is 0.0410. The number of benzene rings is 1. The number of carbonyl (C=O) groups is 1. The van der Waals surface area contributed by atoms with Gasteiger partial charge in [-0.2, -0.15) is 0 Å². The molecule has 0 radical (unpaired) electrons. The lowest BCUT2D eigenvalue weighted by atomic mass is 10.2. The van der Waals surface area contributed by atoms with Crippen LogP contribution in [-0.2, 0) is 17.9 Å². The van der Waals surface area contributed by atoms with Crippen LogP contribution in [0.3, 0.4) is 0 Å². The van der Waals surface area contributed by atoms with Crippen molar-refractivity contribution in [3.8, 4) is 5.75 Å². The van der Waals surface area contributed by atoms with Crippen LogP contribution in [0.1, 0.15) is 18.2 Å². The van der Waals surface area contributed by atoms with E-state index < -0.39 is 0 Å². The highest BCUT2D eigenvalue weighted by molar-refractivity contribution is 5.84. The molecule has 0 atom stereocenters. The molecule has 0 aliphatic rings. The Morgan fingerprint density at radius 2 is 2.04 bits per heavy atom. The number of hydrogen-bond donors (Lipinski definition) is 2. The summed E-state index contributed by atoms with van der Waals surface area (Å²) in [6.45, 7) is 3.71. The summed E-state index contributed by atoms with van der Waals surface area (Å²) < 4.78 is 10.6. The van der Waals surface area contributed by atoms with Crippen molar-refractivity contribution >= 4 is 11.9 Å². The lowest BCUT2D eigenvalue weighted by molar-refractivity contribution is -0.119. The average molecular weight is 358 g/mol. The van der Waals surface area contributed by atoms with Gasteiger partial charge in [0.2, 0.25) is 5.91 Å². The predicted molar refractivity (Wildman–Crippen MR) is 101 cm³/mol. The zero-order chi connectivity index (χ0) is 18.8. The van der Waals surface area contributed by atoms with Crippen molar-refractivity contribution in [3.05, 3.63) is 54.0 Å². The standard InChI is InChI=1S/C19H26N4O3/c1-4-20-19(22-13-18(24)21-12-16-9-7-11-26-16)23(2)14-15-8-5-6-10-17(15)25-3/h5-11H,4,12-14H2,1-3H3,(H,20,22)(H,21,24). The van der Waals surface area contributed by atoms with E-state index in [2.05, 4.69) is 15.6 Å². The lowest BCUT2D eigenvalue weighted by Crippen LogP contribution is -2.39. The van der Waals surface area contributed by atoms with Crippen LogP contribution in [0, 0.1) is 0 Å². The first-order valence-electron chi connectivity index (χ1n) is 8.54. The smallest absolute Gasteiger partial charge is 0.242 e. The molecule has 1 aromatic heterocycles. The Hall–Kier alpha value is -2.96. The van der Waals surface area contributed by atoms with Crippen molar-refractivity contribution in [2.75, 3.05) is 27.2 Å². The number of aliphatic imine (C=N–C) groups is 1. The van der Waals surface area contributed by atoms with E-state index in [1.807, 2.05) is 49.2 Å². The van der Waals surface area contributed by atoms with E-state index >= 15 is 0 Å². The second-order valence-electron chi connectivity index (χ2n) is 5.69. The molecule has 140 valence electrons. The second-order valence-corrected chi connectivity index (χ2v) is 5.69. The number of rotatable bonds is 8. The van der Waals surface area contributed by atoms with Gasteiger partial charge in [0.25, 0.3) is 0 Å². The van der Waals surface area contributed by atoms with Crippen molar-refractivity contribution in [2.45, 2.75) is 20.0 Å². The minimum atomic E-state index is -0.164. The van der Waals surface area contributed by atoms with E-state index in [-0.39, 0.29) is 12.5 Å². The maximum Gasteiger partial charge on any atom is 0.242 e. The zero-order valence-corrected chi connectivity index (χ0v) is 15.5. The van der Waals surface area contributed by atoms with Gasteiger partial charge in [-0.05, 0) is 25.1 Å². The van der Waals surface area contributed by atoms with E-state index in [4.69, 9.17) is 9.15 Å². The number of amides is 1. The molecule has 0 spiro atoms. The third kappa shape index (κ3) is 5.84. The second kappa shape index (κ2) is 10.1. The molecular weight excluding hydrogens is 332 g/mol. The van der Waals surface area contributed by atoms with E-state index in [1.165, 1.54) is 0 Å². The van der Waals surface area contributed by atoms with Gasteiger partial charge in [0, 0.05) is 25.7 Å². The van der Waals surface area contributed by atoms with Crippen LogP contribution in [0.4, 0.5) is 0 Å². The van der Waals surface area contributed by atoms with Crippen LogP contribution < -0.4 is 15.4 Å². The average Bonchev–Trinajstić information content (AvgIpc) is 3.17. The molecule has 0 bridgehead atoms. The maximum absolute atomic E-state index is 12.0. The number of ether oxygens (including phenoxy) is 1. The SMILES string of the molecule is CCNC(=NCC(=O)NCc1ccco1)N(C)Cc1ccccc1OC. The largest absolute Gasteiger partial charge is 0.496 e. The summed E-state index contributed by atoms with van der Waals surface area (Å²) in [4.78, 5) is 18.4. The van der Waals surface area contributed by atoms with Gasteiger partial charge in [-0.15, -0.1) is 0 Å². The Balaban J connectivity index is 1.94. The normalized spacial score (nSPS) is 11.1. The van der Waals surface area contributed by atoms with Crippen LogP contribution in [0.2, 0.25) is 0 Å². The summed E-state index contributed by atoms with van der Waals surface area (Å²) in [6.07, 6.45) is 1.58. The highest BCUT2D eigenvalue weighted by Crippen LogP contribution is 2.18. The van der Waals surface area contributed by atoms with Crippen LogP contribution in [0.5, 0.6) is 5.75 Å². The van der Waals surface area contributed by atoms with E-state index in [1.54, 1.807) is 19.4 Å². The monoisotopic (exact) mass is 358 g/mol. The fourth-order valence-electron chi connectivity index (χ4n) is 2.44. The molecule has 1 amide bonds. The molecular formula is C19H26N4O3. The molecule has 0 saturated carbocycles. The Bertz CT molecular complexity index is 713. The number of nitrogens with zero attached hydrogens (tertiary/aromatic N) is 2. The molecule has 1 heterocycles. The van der Waals surface area contributed by atoms with Gasteiger partial charge in [0.05, 0.1) is 19.9 Å². The van der Waals surface area contributed by atoms with Crippen LogP contribution >= 0.6 is 0 Å². The van der Waals surface area contributed by atoms with Gasteiger partial charge in [-0.1, -0.05) is 18.2 Å². The number of furan rings is 1. The molecule has 2 aromatic rings. The summed E-state index contributed by atoms with van der Waals surface area (Å²) >= 11 is 0. The van der Waals surface area contributed by atoms with Crippen LogP contribution in [0.15, 0.2) is 52.1 Å². The van der Waals surface area contributed by atoms with Gasteiger partial charge in [-0.3, -0.25) is 4.79 Å². The number of nitrogens with one attached hydrogen (secondary N) is 2. The van der Waals surface area contributed by atoms with Crippen molar-refractivity contribution in [3.63, 3.8) is 0 Å². The van der Waals surface area contributed by atoms with E-state index in [0.717, 1.165) is 11.3 Å². The Kier molecular flexibility index (Phi) is 7.54. The Morgan fingerprint density at radius 1 is 1.23 bits per heavy atom. The third-order valence-corrected chi connectivity index (χ3v) is 3.71. The van der Waals surface area contributed by atoms with Crippen molar-refractivity contribution in [1.82, 2.24) is 15.5 Å². The number of guanidine groups is 1. The highest BCUT2D eigenvalue weighted by Gasteiger charge is 2.11. The van der Waals surface area contributed by atoms with Gasteiger partial charge < -0.3 is 24.7 Å². The van der Waals surface area contributed by atoms with Gasteiger partial charge >= 0.3 is 0 Å². The van der Waals surface area contributed by atoms with Crippen molar-refractivity contribution in [1.29, 1.82) is 0 Å².